The molecule has 10 heteroatoms. The second-order valence-electron chi connectivity index (χ2n) is 9.06. The summed E-state index contributed by atoms with van der Waals surface area (Å²) in [7, 11) is 0. The molecule has 3 saturated heterocycles. The van der Waals surface area contributed by atoms with Crippen molar-refractivity contribution in [3.63, 3.8) is 0 Å². The van der Waals surface area contributed by atoms with E-state index in [-0.39, 0.29) is 23.5 Å². The normalized spacial score (nSPS) is 30.1. The maximum Gasteiger partial charge on any atom is 0.269 e. The lowest BCUT2D eigenvalue weighted by molar-refractivity contribution is -0.384. The number of imide groups is 1. The van der Waals surface area contributed by atoms with E-state index in [1.165, 1.54) is 18.2 Å². The Morgan fingerprint density at radius 3 is 2.67 bits per heavy atom. The second kappa shape index (κ2) is 6.71. The minimum atomic E-state index is -1.25. The molecular formula is C23H19BrN4O5. The minimum Gasteiger partial charge on any atom is -0.324 e. The highest BCUT2D eigenvalue weighted by Gasteiger charge is 2.74. The smallest absolute Gasteiger partial charge is 0.269 e. The number of hydrogen-bond acceptors (Lipinski definition) is 6. The number of rotatable bonds is 2. The van der Waals surface area contributed by atoms with Crippen LogP contribution in [0.2, 0.25) is 0 Å². The van der Waals surface area contributed by atoms with Crippen molar-refractivity contribution in [1.29, 1.82) is 0 Å². The fraction of sp³-hybridized carbons (Fsp3) is 0.348. The van der Waals surface area contributed by atoms with Gasteiger partial charge in [0.15, 0.2) is 0 Å². The molecule has 0 saturated carbocycles. The Kier molecular flexibility index (Phi) is 4.16. The summed E-state index contributed by atoms with van der Waals surface area (Å²) >= 11 is 3.49. The molecule has 0 unspecified atom stereocenters. The largest absolute Gasteiger partial charge is 0.324 e. The molecule has 1 spiro atoms. The summed E-state index contributed by atoms with van der Waals surface area (Å²) in [6.45, 7) is 2.28. The van der Waals surface area contributed by atoms with Crippen molar-refractivity contribution >= 4 is 50.7 Å². The number of fused-ring (bicyclic) bond motifs is 7. The zero-order valence-electron chi connectivity index (χ0n) is 17.6. The molecule has 168 valence electrons. The first-order valence-electron chi connectivity index (χ1n) is 10.8. The topological polar surface area (TPSA) is 113 Å². The van der Waals surface area contributed by atoms with E-state index in [9.17, 15) is 24.5 Å². The van der Waals surface area contributed by atoms with E-state index in [4.69, 9.17) is 0 Å². The van der Waals surface area contributed by atoms with Gasteiger partial charge in [-0.2, -0.15) is 0 Å². The van der Waals surface area contributed by atoms with Gasteiger partial charge in [0, 0.05) is 33.9 Å². The van der Waals surface area contributed by atoms with Crippen LogP contribution in [0.25, 0.3) is 0 Å². The third-order valence-corrected chi connectivity index (χ3v) is 8.08. The van der Waals surface area contributed by atoms with E-state index in [1.54, 1.807) is 6.92 Å². The number of amides is 3. The van der Waals surface area contributed by atoms with Gasteiger partial charge in [-0.1, -0.05) is 15.9 Å². The Morgan fingerprint density at radius 1 is 1.15 bits per heavy atom. The lowest BCUT2D eigenvalue weighted by Crippen LogP contribution is -2.54. The second-order valence-corrected chi connectivity index (χ2v) is 9.97. The Labute approximate surface area is 197 Å². The van der Waals surface area contributed by atoms with Crippen molar-refractivity contribution in [2.75, 3.05) is 16.8 Å². The lowest BCUT2D eigenvalue weighted by Gasteiger charge is -2.36. The molecule has 4 aliphatic heterocycles. The highest BCUT2D eigenvalue weighted by Crippen LogP contribution is 2.61. The molecule has 33 heavy (non-hydrogen) atoms. The zero-order valence-corrected chi connectivity index (χ0v) is 19.2. The Balaban J connectivity index is 1.53. The van der Waals surface area contributed by atoms with Crippen LogP contribution in [0.3, 0.4) is 0 Å². The summed E-state index contributed by atoms with van der Waals surface area (Å²) in [6, 6.07) is 9.39. The zero-order chi connectivity index (χ0) is 23.2. The van der Waals surface area contributed by atoms with Gasteiger partial charge in [0.1, 0.15) is 5.54 Å². The lowest BCUT2D eigenvalue weighted by atomic mass is 9.75. The molecule has 0 aromatic heterocycles. The van der Waals surface area contributed by atoms with Gasteiger partial charge in [0.05, 0.1) is 22.4 Å². The Hall–Kier alpha value is -3.11. The van der Waals surface area contributed by atoms with Gasteiger partial charge >= 0.3 is 0 Å². The number of nitro groups is 1. The SMILES string of the molecule is Cc1cc([N+](=O)[O-])ccc1N1C(=O)[C@H]2[C@@H](C1=O)[C@]1(C(=O)Nc3ccc(Br)cc31)N1CCC[C@@H]21. The molecule has 1 N–H and O–H groups in total. The molecule has 4 heterocycles. The highest BCUT2D eigenvalue weighted by atomic mass is 79.9. The minimum absolute atomic E-state index is 0.108. The average Bonchev–Trinajstić information content (AvgIpc) is 3.47. The van der Waals surface area contributed by atoms with Crippen molar-refractivity contribution in [2.45, 2.75) is 31.3 Å². The molecular weight excluding hydrogens is 492 g/mol. The molecule has 6 rings (SSSR count). The van der Waals surface area contributed by atoms with E-state index in [1.807, 2.05) is 18.2 Å². The number of carbonyl (C=O) groups is 3. The first kappa shape index (κ1) is 20.5. The molecule has 3 fully saturated rings. The molecule has 0 bridgehead atoms. The number of nitrogens with zero attached hydrogens (tertiary/aromatic N) is 3. The van der Waals surface area contributed by atoms with Crippen LogP contribution in [0.1, 0.15) is 24.0 Å². The number of aryl methyl sites for hydroxylation is 1. The first-order valence-corrected chi connectivity index (χ1v) is 11.6. The van der Waals surface area contributed by atoms with E-state index in [2.05, 4.69) is 26.1 Å². The third-order valence-electron chi connectivity index (χ3n) is 7.59. The van der Waals surface area contributed by atoms with Crippen LogP contribution in [-0.4, -0.2) is 40.1 Å². The van der Waals surface area contributed by atoms with Crippen LogP contribution in [0.5, 0.6) is 0 Å². The Bertz CT molecular complexity index is 1300. The highest BCUT2D eigenvalue weighted by molar-refractivity contribution is 9.10. The quantitative estimate of drug-likeness (QED) is 0.377. The van der Waals surface area contributed by atoms with Crippen LogP contribution in [-0.2, 0) is 19.9 Å². The third kappa shape index (κ3) is 2.42. The number of benzene rings is 2. The van der Waals surface area contributed by atoms with Gasteiger partial charge in [-0.3, -0.25) is 29.4 Å². The van der Waals surface area contributed by atoms with Gasteiger partial charge in [-0.05, 0) is 56.1 Å². The van der Waals surface area contributed by atoms with E-state index in [0.717, 1.165) is 22.2 Å². The fourth-order valence-corrected chi connectivity index (χ4v) is 6.78. The number of hydrogen-bond donors (Lipinski definition) is 1. The molecule has 2 aromatic rings. The van der Waals surface area contributed by atoms with Crippen LogP contribution in [0.4, 0.5) is 17.1 Å². The van der Waals surface area contributed by atoms with E-state index in [0.29, 0.717) is 29.0 Å². The predicted molar refractivity (Wildman–Crippen MR) is 121 cm³/mol. The summed E-state index contributed by atoms with van der Waals surface area (Å²) in [5.74, 6) is -2.56. The molecule has 2 aromatic carbocycles. The summed E-state index contributed by atoms with van der Waals surface area (Å²) in [5.41, 5.74) is 0.799. The van der Waals surface area contributed by atoms with Gasteiger partial charge in [-0.15, -0.1) is 0 Å². The molecule has 0 aliphatic carbocycles. The number of non-ortho nitro benzene ring substituents is 1. The van der Waals surface area contributed by atoms with Crippen LogP contribution in [0.15, 0.2) is 40.9 Å². The van der Waals surface area contributed by atoms with Gasteiger partial charge in [0.2, 0.25) is 17.7 Å². The fourth-order valence-electron chi connectivity index (χ4n) is 6.42. The number of halogens is 1. The molecule has 9 nitrogen and oxygen atoms in total. The molecule has 3 amide bonds. The van der Waals surface area contributed by atoms with Gasteiger partial charge in [-0.25, -0.2) is 4.90 Å². The van der Waals surface area contributed by atoms with Crippen LogP contribution < -0.4 is 10.2 Å². The van der Waals surface area contributed by atoms with Gasteiger partial charge in [0.25, 0.3) is 5.69 Å². The van der Waals surface area contributed by atoms with Crippen molar-refractivity contribution in [3.05, 3.63) is 62.1 Å². The number of nitrogens with one attached hydrogen (secondary N) is 1. The van der Waals surface area contributed by atoms with Crippen molar-refractivity contribution in [3.8, 4) is 0 Å². The maximum absolute atomic E-state index is 14.0. The predicted octanol–water partition coefficient (Wildman–Crippen LogP) is 3.10. The summed E-state index contributed by atoms with van der Waals surface area (Å²) in [6.07, 6.45) is 1.57. The summed E-state index contributed by atoms with van der Waals surface area (Å²) in [5, 5.41) is 14.1. The molecule has 4 aliphatic rings. The number of anilines is 2. The van der Waals surface area contributed by atoms with Gasteiger partial charge < -0.3 is 5.32 Å². The van der Waals surface area contributed by atoms with E-state index >= 15 is 0 Å². The van der Waals surface area contributed by atoms with Crippen molar-refractivity contribution < 1.29 is 19.3 Å². The van der Waals surface area contributed by atoms with Crippen molar-refractivity contribution in [1.82, 2.24) is 4.90 Å². The first-order chi connectivity index (χ1) is 15.8. The maximum atomic E-state index is 14.0. The summed E-state index contributed by atoms with van der Waals surface area (Å²) in [4.78, 5) is 55.2. The van der Waals surface area contributed by atoms with Crippen LogP contribution in [0, 0.1) is 28.9 Å². The molecule has 0 radical (unpaired) electrons. The number of nitro benzene ring substituents is 1. The van der Waals surface area contributed by atoms with Crippen LogP contribution >= 0.6 is 15.9 Å². The van der Waals surface area contributed by atoms with E-state index < -0.39 is 28.2 Å². The summed E-state index contributed by atoms with van der Waals surface area (Å²) < 4.78 is 0.788. The monoisotopic (exact) mass is 510 g/mol. The number of carbonyl (C=O) groups excluding carboxylic acids is 3. The molecule has 4 atom stereocenters. The average molecular weight is 511 g/mol. The Morgan fingerprint density at radius 2 is 1.94 bits per heavy atom. The van der Waals surface area contributed by atoms with Crippen molar-refractivity contribution in [2.24, 2.45) is 11.8 Å². The standard InChI is InChI=1S/C23H19BrN4O5/c1-11-9-13(28(32)33)5-7-16(11)27-20(29)18-17-3-2-8-26(17)23(19(18)21(27)30)14-10-12(24)4-6-15(14)25-22(23)31/h4-7,9-10,17-19H,2-3,8H2,1H3,(H,25,31)/t17-,18+,19-,23+/m0/s1.